The molecule has 1 saturated carbocycles. The Morgan fingerprint density at radius 2 is 2.18 bits per heavy atom. The molecule has 1 heterocycles. The summed E-state index contributed by atoms with van der Waals surface area (Å²) in [4.78, 5) is 15.5. The molecule has 0 amide bonds. The van der Waals surface area contributed by atoms with E-state index in [1.165, 1.54) is 0 Å². The molecule has 1 aliphatic rings. The summed E-state index contributed by atoms with van der Waals surface area (Å²) in [6.07, 6.45) is 2.85. The van der Waals surface area contributed by atoms with Gasteiger partial charge in [-0.15, -0.1) is 0 Å². The first-order valence-corrected chi connectivity index (χ1v) is 6.59. The van der Waals surface area contributed by atoms with Gasteiger partial charge in [0.1, 0.15) is 0 Å². The van der Waals surface area contributed by atoms with Crippen LogP contribution < -0.4 is 0 Å². The summed E-state index contributed by atoms with van der Waals surface area (Å²) in [7, 11) is 0. The Balaban J connectivity index is 2.06. The summed E-state index contributed by atoms with van der Waals surface area (Å²) in [6, 6.07) is 5.98. The Morgan fingerprint density at radius 3 is 2.82 bits per heavy atom. The number of halogens is 1. The fourth-order valence-electron chi connectivity index (χ4n) is 2.40. The van der Waals surface area contributed by atoms with Crippen LogP contribution in [-0.4, -0.2) is 10.8 Å². The van der Waals surface area contributed by atoms with Crippen LogP contribution in [0, 0.1) is 11.3 Å². The highest BCUT2D eigenvalue weighted by Gasteiger charge is 2.50. The third-order valence-electron chi connectivity index (χ3n) is 3.74. The molecule has 1 atom stereocenters. The molecule has 2 aromatic rings. The van der Waals surface area contributed by atoms with E-state index in [4.69, 9.17) is 0 Å². The summed E-state index contributed by atoms with van der Waals surface area (Å²) < 4.78 is 1.01. The second kappa shape index (κ2) is 3.45. The van der Waals surface area contributed by atoms with Crippen molar-refractivity contribution in [2.75, 3.05) is 0 Å². The van der Waals surface area contributed by atoms with E-state index in [-0.39, 0.29) is 17.1 Å². The summed E-state index contributed by atoms with van der Waals surface area (Å²) in [6.45, 7) is 4.31. The number of carbonyl (C=O) groups excluding carboxylic acids is 1. The Bertz CT molecular complexity index is 612. The van der Waals surface area contributed by atoms with Crippen LogP contribution in [0.25, 0.3) is 10.9 Å². The lowest BCUT2D eigenvalue weighted by Gasteiger charge is -2.02. The first-order chi connectivity index (χ1) is 7.99. The molecule has 0 saturated heterocycles. The predicted molar refractivity (Wildman–Crippen MR) is 72.2 cm³/mol. The van der Waals surface area contributed by atoms with E-state index in [0.717, 1.165) is 27.4 Å². The molecule has 0 aliphatic heterocycles. The molecule has 1 fully saturated rings. The van der Waals surface area contributed by atoms with Gasteiger partial charge in [0.25, 0.3) is 0 Å². The van der Waals surface area contributed by atoms with Crippen molar-refractivity contribution in [3.05, 3.63) is 34.4 Å². The molecule has 1 aliphatic carbocycles. The number of benzene rings is 1. The number of hydrogen-bond acceptors (Lipinski definition) is 1. The number of Topliss-reactive ketones (excluding diaryl/α,β-unsaturated/α-hetero) is 1. The molecule has 88 valence electrons. The molecule has 1 N–H and O–H groups in total. The molecule has 1 aromatic heterocycles. The van der Waals surface area contributed by atoms with E-state index >= 15 is 0 Å². The largest absolute Gasteiger partial charge is 0.360 e. The van der Waals surface area contributed by atoms with E-state index in [1.54, 1.807) is 0 Å². The molecule has 1 aromatic carbocycles. The molecule has 3 heteroatoms. The number of aromatic amines is 1. The minimum absolute atomic E-state index is 0.187. The average molecular weight is 292 g/mol. The predicted octanol–water partition coefficient (Wildman–Crippen LogP) is 4.16. The van der Waals surface area contributed by atoms with Crippen molar-refractivity contribution in [1.82, 2.24) is 4.98 Å². The number of fused-ring (bicyclic) bond motifs is 1. The van der Waals surface area contributed by atoms with Gasteiger partial charge in [-0.05, 0) is 30.0 Å². The van der Waals surface area contributed by atoms with Crippen LogP contribution in [-0.2, 0) is 0 Å². The molecular weight excluding hydrogens is 278 g/mol. The normalized spacial score (nSPS) is 21.7. The Morgan fingerprint density at radius 1 is 1.47 bits per heavy atom. The number of aromatic nitrogens is 1. The minimum atomic E-state index is 0.187. The Labute approximate surface area is 109 Å². The molecule has 1 unspecified atom stereocenters. The first kappa shape index (κ1) is 11.0. The maximum absolute atomic E-state index is 12.4. The van der Waals surface area contributed by atoms with Crippen LogP contribution in [0.5, 0.6) is 0 Å². The van der Waals surface area contributed by atoms with Crippen LogP contribution in [0.4, 0.5) is 0 Å². The number of H-pyrrole nitrogens is 1. The van der Waals surface area contributed by atoms with Crippen LogP contribution in [0.15, 0.2) is 28.9 Å². The van der Waals surface area contributed by atoms with Crippen LogP contribution in [0.3, 0.4) is 0 Å². The maximum atomic E-state index is 12.4. The van der Waals surface area contributed by atoms with Crippen molar-refractivity contribution in [3.63, 3.8) is 0 Å². The highest BCUT2D eigenvalue weighted by molar-refractivity contribution is 9.10. The van der Waals surface area contributed by atoms with E-state index in [1.807, 2.05) is 24.4 Å². The van der Waals surface area contributed by atoms with Gasteiger partial charge in [0.15, 0.2) is 5.78 Å². The van der Waals surface area contributed by atoms with Gasteiger partial charge >= 0.3 is 0 Å². The van der Waals surface area contributed by atoms with Gasteiger partial charge in [-0.1, -0.05) is 29.8 Å². The number of carbonyl (C=O) groups is 1. The van der Waals surface area contributed by atoms with Gasteiger partial charge < -0.3 is 4.98 Å². The standard InChI is InChI=1S/C14H14BrNO/c1-14(2)6-11(14)13(17)10-7-16-12-4-3-8(15)5-9(10)12/h3-5,7,11,16H,6H2,1-2H3. The zero-order chi connectivity index (χ0) is 12.2. The van der Waals surface area contributed by atoms with Gasteiger partial charge in [-0.2, -0.15) is 0 Å². The molecule has 3 rings (SSSR count). The monoisotopic (exact) mass is 291 g/mol. The molecule has 0 radical (unpaired) electrons. The van der Waals surface area contributed by atoms with E-state index in [0.29, 0.717) is 0 Å². The van der Waals surface area contributed by atoms with Gasteiger partial charge in [0.2, 0.25) is 0 Å². The number of hydrogen-bond donors (Lipinski definition) is 1. The molecule has 2 nitrogen and oxygen atoms in total. The van der Waals surface area contributed by atoms with Crippen LogP contribution >= 0.6 is 15.9 Å². The quantitative estimate of drug-likeness (QED) is 0.828. The smallest absolute Gasteiger partial charge is 0.168 e. The molecular formula is C14H14BrNO. The highest BCUT2D eigenvalue weighted by atomic mass is 79.9. The van der Waals surface area contributed by atoms with Crippen LogP contribution in [0.1, 0.15) is 30.6 Å². The average Bonchev–Trinajstić information content (AvgIpc) is 2.72. The second-order valence-corrected chi connectivity index (χ2v) is 6.42. The molecule has 0 bridgehead atoms. The van der Waals surface area contributed by atoms with Crippen molar-refractivity contribution in [2.45, 2.75) is 20.3 Å². The number of nitrogens with one attached hydrogen (secondary N) is 1. The zero-order valence-electron chi connectivity index (χ0n) is 9.88. The molecule has 17 heavy (non-hydrogen) atoms. The zero-order valence-corrected chi connectivity index (χ0v) is 11.5. The van der Waals surface area contributed by atoms with Gasteiger partial charge in [0, 0.05) is 33.1 Å². The Kier molecular flexibility index (Phi) is 2.24. The van der Waals surface area contributed by atoms with Crippen molar-refractivity contribution in [3.8, 4) is 0 Å². The maximum Gasteiger partial charge on any atom is 0.168 e. The van der Waals surface area contributed by atoms with Crippen molar-refractivity contribution in [2.24, 2.45) is 11.3 Å². The van der Waals surface area contributed by atoms with Gasteiger partial charge in [-0.3, -0.25) is 4.79 Å². The summed E-state index contributed by atoms with van der Waals surface area (Å²) >= 11 is 3.45. The van der Waals surface area contributed by atoms with E-state index in [2.05, 4.69) is 34.8 Å². The van der Waals surface area contributed by atoms with Crippen molar-refractivity contribution >= 4 is 32.6 Å². The first-order valence-electron chi connectivity index (χ1n) is 5.80. The topological polar surface area (TPSA) is 32.9 Å². The van der Waals surface area contributed by atoms with Gasteiger partial charge in [-0.25, -0.2) is 0 Å². The van der Waals surface area contributed by atoms with Crippen molar-refractivity contribution in [1.29, 1.82) is 0 Å². The van der Waals surface area contributed by atoms with E-state index in [9.17, 15) is 4.79 Å². The summed E-state index contributed by atoms with van der Waals surface area (Å²) in [5.74, 6) is 0.472. The highest BCUT2D eigenvalue weighted by Crippen LogP contribution is 2.53. The van der Waals surface area contributed by atoms with Crippen LogP contribution in [0.2, 0.25) is 0 Å². The lowest BCUT2D eigenvalue weighted by atomic mass is 10.0. The second-order valence-electron chi connectivity index (χ2n) is 5.50. The lowest BCUT2D eigenvalue weighted by Crippen LogP contribution is -2.05. The molecule has 0 spiro atoms. The third-order valence-corrected chi connectivity index (χ3v) is 4.23. The fraction of sp³-hybridized carbons (Fsp3) is 0.357. The minimum Gasteiger partial charge on any atom is -0.360 e. The lowest BCUT2D eigenvalue weighted by molar-refractivity contribution is 0.0955. The Hall–Kier alpha value is -1.09. The number of rotatable bonds is 2. The summed E-state index contributed by atoms with van der Waals surface area (Å²) in [5.41, 5.74) is 2.04. The van der Waals surface area contributed by atoms with Gasteiger partial charge in [0.05, 0.1) is 0 Å². The van der Waals surface area contributed by atoms with E-state index < -0.39 is 0 Å². The third kappa shape index (κ3) is 1.73. The fourth-order valence-corrected chi connectivity index (χ4v) is 2.76. The summed E-state index contributed by atoms with van der Waals surface area (Å²) in [5, 5.41) is 1.02. The SMILES string of the molecule is CC1(C)CC1C(=O)c1c[nH]c2ccc(Br)cc12. The van der Waals surface area contributed by atoms with Crippen molar-refractivity contribution < 1.29 is 4.79 Å². The number of ketones is 1.